The van der Waals surface area contributed by atoms with Gasteiger partial charge in [0.25, 0.3) is 0 Å². The van der Waals surface area contributed by atoms with Crippen molar-refractivity contribution in [2.75, 3.05) is 0 Å². The van der Waals surface area contributed by atoms with Crippen LogP contribution in [0.25, 0.3) is 0 Å². The molecule has 1 aromatic rings. The molecule has 0 fully saturated rings. The summed E-state index contributed by atoms with van der Waals surface area (Å²) in [6.07, 6.45) is 17.6. The Balaban J connectivity index is 0. The quantitative estimate of drug-likeness (QED) is 0.364. The maximum absolute atomic E-state index is 8.00. The summed E-state index contributed by atoms with van der Waals surface area (Å²) in [6.45, 7) is 3.45. The monoisotopic (exact) mass is 330 g/mol. The predicted molar refractivity (Wildman–Crippen MR) is 68.9 cm³/mol. The fourth-order valence-electron chi connectivity index (χ4n) is 2.06. The van der Waals surface area contributed by atoms with Gasteiger partial charge in [-0.3, -0.25) is 0 Å². The first-order chi connectivity index (χ1) is 8.83. The third-order valence-corrected chi connectivity index (χ3v) is 3.09. The Kier molecular flexibility index (Phi) is 17.7. The molecule has 0 atom stereocenters. The van der Waals surface area contributed by atoms with Crippen molar-refractivity contribution in [3.63, 3.8) is 0 Å². The third-order valence-electron chi connectivity index (χ3n) is 3.09. The summed E-state index contributed by atoms with van der Waals surface area (Å²) >= 11 is 2.00. The molecule has 0 radical (unpaired) electrons. The van der Waals surface area contributed by atoms with Gasteiger partial charge in [-0.05, 0) is 12.8 Å². The second-order valence-electron chi connectivity index (χ2n) is 4.79. The van der Waals surface area contributed by atoms with Gasteiger partial charge >= 0.3 is 19.8 Å². The first-order valence-corrected chi connectivity index (χ1v) is 7.43. The molecule has 0 bridgehead atoms. The number of aryl methyl sites for hydroxylation is 2. The average Bonchev–Trinajstić information content (AvgIpc) is 2.81. The molecule has 114 valence electrons. The van der Waals surface area contributed by atoms with Gasteiger partial charge in [-0.25, -0.2) is 9.13 Å². The van der Waals surface area contributed by atoms with Crippen LogP contribution in [0.3, 0.4) is 0 Å². The van der Waals surface area contributed by atoms with Gasteiger partial charge < -0.3 is 12.4 Å². The summed E-state index contributed by atoms with van der Waals surface area (Å²) < 4.78 is 12.4. The number of nitrogens with zero attached hydrogens (tertiary/aromatic N) is 2. The maximum atomic E-state index is 8.00. The molecule has 19 heavy (non-hydrogen) atoms. The first-order valence-electron chi connectivity index (χ1n) is 6.98. The minimum atomic E-state index is 0. The molecule has 1 heterocycles. The van der Waals surface area contributed by atoms with Crippen LogP contribution in [0.1, 0.15) is 58.3 Å². The number of halogens is 1. The summed E-state index contributed by atoms with van der Waals surface area (Å²) in [6, 6.07) is 0. The molecular weight excluding hydrogens is 303 g/mol. The third kappa shape index (κ3) is 12.6. The summed E-state index contributed by atoms with van der Waals surface area (Å²) in [5, 5.41) is 0. The number of imidazole rings is 1. The van der Waals surface area contributed by atoms with Crippen molar-refractivity contribution >= 4 is 0 Å². The van der Waals surface area contributed by atoms with Crippen LogP contribution in [0.5, 0.6) is 0 Å². The van der Waals surface area contributed by atoms with Crippen LogP contribution in [0, 0.1) is 0 Å². The van der Waals surface area contributed by atoms with Crippen LogP contribution in [0.4, 0.5) is 0 Å². The molecule has 0 saturated heterocycles. The topological polar surface area (TPSA) is 25.9 Å². The van der Waals surface area contributed by atoms with Gasteiger partial charge in [-0.1, -0.05) is 45.4 Å². The zero-order valence-corrected chi connectivity index (χ0v) is 14.0. The standard InChI is InChI=1S/C14H27N2.ClH.Fe.O/c1-3-4-5-6-7-8-9-10-11-16-13-12-15(2)14-16;;;/h12-14H,3-11H2,1-2H3;1H;;/q+1;;;/p-1. The van der Waals surface area contributed by atoms with Gasteiger partial charge in [0.05, 0.1) is 13.6 Å². The van der Waals surface area contributed by atoms with E-state index in [2.05, 4.69) is 41.8 Å². The van der Waals surface area contributed by atoms with E-state index in [9.17, 15) is 0 Å². The molecule has 0 unspecified atom stereocenters. The van der Waals surface area contributed by atoms with Crippen molar-refractivity contribution in [2.45, 2.75) is 64.8 Å². The summed E-state index contributed by atoms with van der Waals surface area (Å²) in [5.41, 5.74) is 0. The van der Waals surface area contributed by atoms with Crippen molar-refractivity contribution in [3.8, 4) is 0 Å². The molecule has 0 spiro atoms. The molecule has 0 aromatic carbocycles. The van der Waals surface area contributed by atoms with Gasteiger partial charge in [0.15, 0.2) is 0 Å². The van der Waals surface area contributed by atoms with Crippen molar-refractivity contribution in [1.29, 1.82) is 0 Å². The van der Waals surface area contributed by atoms with Crippen LogP contribution in [-0.4, -0.2) is 4.57 Å². The Morgan fingerprint density at radius 2 is 1.53 bits per heavy atom. The van der Waals surface area contributed by atoms with E-state index in [4.69, 9.17) is 3.83 Å². The van der Waals surface area contributed by atoms with E-state index >= 15 is 0 Å². The fourth-order valence-corrected chi connectivity index (χ4v) is 2.06. The summed E-state index contributed by atoms with van der Waals surface area (Å²) in [7, 11) is 2.07. The molecule has 5 heteroatoms. The molecule has 0 aliphatic heterocycles. The van der Waals surface area contributed by atoms with Crippen molar-refractivity contribution in [3.05, 3.63) is 18.7 Å². The van der Waals surface area contributed by atoms with E-state index in [0.717, 1.165) is 0 Å². The average molecular weight is 331 g/mol. The Bertz CT molecular complexity index is 295. The van der Waals surface area contributed by atoms with Crippen molar-refractivity contribution in [1.82, 2.24) is 4.57 Å². The predicted octanol–water partition coefficient (Wildman–Crippen LogP) is 0.336. The van der Waals surface area contributed by atoms with Crippen molar-refractivity contribution < 1.29 is 36.8 Å². The zero-order chi connectivity index (χ0) is 13.6. The second-order valence-corrected chi connectivity index (χ2v) is 4.79. The molecule has 0 amide bonds. The number of aromatic nitrogens is 2. The molecular formula is C14H27ClFeN2O. The van der Waals surface area contributed by atoms with Crippen LogP contribution < -0.4 is 17.0 Å². The van der Waals surface area contributed by atoms with Crippen LogP contribution >= 0.6 is 0 Å². The number of unbranched alkanes of at least 4 members (excludes halogenated alkanes) is 7. The Hall–Kier alpha value is -0.181. The van der Waals surface area contributed by atoms with E-state index in [1.807, 2.05) is 15.9 Å². The van der Waals surface area contributed by atoms with E-state index in [0.29, 0.717) is 0 Å². The second kappa shape index (κ2) is 15.9. The fraction of sp³-hybridized carbons (Fsp3) is 0.786. The van der Waals surface area contributed by atoms with Gasteiger partial charge in [0, 0.05) is 0 Å². The van der Waals surface area contributed by atoms with Crippen LogP contribution in [0.15, 0.2) is 18.7 Å². The first kappa shape index (κ1) is 21.1. The minimum absolute atomic E-state index is 0. The van der Waals surface area contributed by atoms with Crippen LogP contribution in [0.2, 0.25) is 0 Å². The molecule has 0 aliphatic rings. The Labute approximate surface area is 132 Å². The molecule has 0 aliphatic carbocycles. The SMILES string of the molecule is CCCCCCCCCCn1cc[n+](C)c1.[Cl-].[O]=[Fe]. The van der Waals surface area contributed by atoms with Gasteiger partial charge in [-0.15, -0.1) is 0 Å². The van der Waals surface area contributed by atoms with E-state index in [1.165, 1.54) is 57.9 Å². The van der Waals surface area contributed by atoms with E-state index in [-0.39, 0.29) is 12.4 Å². The van der Waals surface area contributed by atoms with Crippen LogP contribution in [-0.2, 0) is 33.4 Å². The van der Waals surface area contributed by atoms with Gasteiger partial charge in [0.2, 0.25) is 6.33 Å². The molecule has 0 saturated carbocycles. The number of hydrogen-bond acceptors (Lipinski definition) is 1. The van der Waals surface area contributed by atoms with Crippen molar-refractivity contribution in [2.24, 2.45) is 7.05 Å². The molecule has 1 aromatic heterocycles. The number of rotatable bonds is 9. The Morgan fingerprint density at radius 3 is 2.00 bits per heavy atom. The Morgan fingerprint density at radius 1 is 1.00 bits per heavy atom. The van der Waals surface area contributed by atoms with E-state index in [1.54, 1.807) is 0 Å². The van der Waals surface area contributed by atoms with Gasteiger partial charge in [-0.2, -0.15) is 0 Å². The van der Waals surface area contributed by atoms with Gasteiger partial charge in [0.1, 0.15) is 12.4 Å². The molecule has 1 rings (SSSR count). The summed E-state index contributed by atoms with van der Waals surface area (Å²) in [5.74, 6) is 0. The number of hydrogen-bond donors (Lipinski definition) is 0. The molecule has 3 nitrogen and oxygen atoms in total. The van der Waals surface area contributed by atoms with E-state index < -0.39 is 0 Å². The molecule has 0 N–H and O–H groups in total. The normalized spacial score (nSPS) is 9.42. The summed E-state index contributed by atoms with van der Waals surface area (Å²) in [4.78, 5) is 0. The zero-order valence-electron chi connectivity index (χ0n) is 12.1.